The van der Waals surface area contributed by atoms with Crippen LogP contribution in [-0.2, 0) is 4.74 Å². The predicted octanol–water partition coefficient (Wildman–Crippen LogP) is 2.88. The summed E-state index contributed by atoms with van der Waals surface area (Å²) in [5, 5.41) is 7.99. The monoisotopic (exact) mass is 276 g/mol. The highest BCUT2D eigenvalue weighted by molar-refractivity contribution is 5.55. The van der Waals surface area contributed by atoms with Gasteiger partial charge < -0.3 is 10.1 Å². The molecule has 1 atom stereocenters. The average molecular weight is 276 g/mol. The second-order valence-corrected chi connectivity index (χ2v) is 5.10. The molecule has 0 aliphatic rings. The maximum Gasteiger partial charge on any atom is 0.160 e. The van der Waals surface area contributed by atoms with E-state index in [0.29, 0.717) is 0 Å². The van der Waals surface area contributed by atoms with Crippen LogP contribution in [0.3, 0.4) is 0 Å². The van der Waals surface area contributed by atoms with E-state index in [-0.39, 0.29) is 6.10 Å². The number of hydrogen-bond donors (Lipinski definition) is 1. The van der Waals surface area contributed by atoms with E-state index in [4.69, 9.17) is 4.74 Å². The summed E-state index contributed by atoms with van der Waals surface area (Å²) in [4.78, 5) is 4.57. The summed E-state index contributed by atoms with van der Waals surface area (Å²) >= 11 is 0. The SMILES string of the molecule is CCO[C@H](CC)CNc1cc(C)nc2c(C)c(C)nn12. The molecule has 2 aromatic heterocycles. The molecule has 1 N–H and O–H groups in total. The zero-order chi connectivity index (χ0) is 14.7. The van der Waals surface area contributed by atoms with Crippen LogP contribution in [0.4, 0.5) is 5.82 Å². The third-order valence-corrected chi connectivity index (χ3v) is 3.55. The smallest absolute Gasteiger partial charge is 0.160 e. The first kappa shape index (κ1) is 14.8. The van der Waals surface area contributed by atoms with Gasteiger partial charge in [-0.25, -0.2) is 4.98 Å². The second kappa shape index (κ2) is 6.22. The van der Waals surface area contributed by atoms with E-state index in [2.05, 4.69) is 29.2 Å². The van der Waals surface area contributed by atoms with E-state index >= 15 is 0 Å². The molecule has 20 heavy (non-hydrogen) atoms. The minimum Gasteiger partial charge on any atom is -0.377 e. The number of hydrogen-bond acceptors (Lipinski definition) is 4. The molecule has 0 saturated heterocycles. The highest BCUT2D eigenvalue weighted by atomic mass is 16.5. The molecule has 0 bridgehead atoms. The average Bonchev–Trinajstić information content (AvgIpc) is 2.71. The Morgan fingerprint density at radius 2 is 2.05 bits per heavy atom. The molecule has 0 aliphatic carbocycles. The van der Waals surface area contributed by atoms with Crippen molar-refractivity contribution >= 4 is 11.5 Å². The molecular weight excluding hydrogens is 252 g/mol. The Bertz CT molecular complexity index is 591. The molecule has 2 heterocycles. The molecule has 0 saturated carbocycles. The van der Waals surface area contributed by atoms with Gasteiger partial charge in [-0.1, -0.05) is 6.92 Å². The van der Waals surface area contributed by atoms with Crippen LogP contribution in [-0.4, -0.2) is 33.9 Å². The van der Waals surface area contributed by atoms with Crippen LogP contribution in [0, 0.1) is 20.8 Å². The van der Waals surface area contributed by atoms with Crippen LogP contribution in [0.15, 0.2) is 6.07 Å². The lowest BCUT2D eigenvalue weighted by molar-refractivity contribution is 0.0694. The number of rotatable bonds is 6. The summed E-state index contributed by atoms with van der Waals surface area (Å²) in [7, 11) is 0. The Balaban J connectivity index is 2.27. The zero-order valence-corrected chi connectivity index (χ0v) is 13.0. The summed E-state index contributed by atoms with van der Waals surface area (Å²) in [5.41, 5.74) is 4.07. The number of anilines is 1. The Hall–Kier alpha value is -1.62. The molecule has 2 aromatic rings. The minimum absolute atomic E-state index is 0.223. The zero-order valence-electron chi connectivity index (χ0n) is 13.0. The van der Waals surface area contributed by atoms with Crippen molar-refractivity contribution in [3.8, 4) is 0 Å². The first-order chi connectivity index (χ1) is 9.56. The molecule has 0 amide bonds. The summed E-state index contributed by atoms with van der Waals surface area (Å²) < 4.78 is 7.56. The molecule has 0 unspecified atom stereocenters. The summed E-state index contributed by atoms with van der Waals surface area (Å²) in [6, 6.07) is 2.03. The molecule has 0 aliphatic heterocycles. The molecule has 110 valence electrons. The van der Waals surface area contributed by atoms with Crippen LogP contribution in [0.1, 0.15) is 37.2 Å². The number of aromatic nitrogens is 3. The van der Waals surface area contributed by atoms with Gasteiger partial charge in [0.2, 0.25) is 0 Å². The van der Waals surface area contributed by atoms with Crippen LogP contribution in [0.25, 0.3) is 5.65 Å². The summed E-state index contributed by atoms with van der Waals surface area (Å²) in [6.07, 6.45) is 1.21. The fraction of sp³-hybridized carbons (Fsp3) is 0.600. The first-order valence-electron chi connectivity index (χ1n) is 7.25. The Kier molecular flexibility index (Phi) is 4.60. The lowest BCUT2D eigenvalue weighted by atomic mass is 10.2. The highest BCUT2D eigenvalue weighted by Crippen LogP contribution is 2.18. The highest BCUT2D eigenvalue weighted by Gasteiger charge is 2.12. The lowest BCUT2D eigenvalue weighted by Crippen LogP contribution is -2.23. The van der Waals surface area contributed by atoms with E-state index in [1.165, 1.54) is 0 Å². The predicted molar refractivity (Wildman–Crippen MR) is 81.4 cm³/mol. The standard InChI is InChI=1S/C15H24N4O/c1-6-13(20-7-2)9-16-14-8-10(3)17-15-11(4)12(5)18-19(14)15/h8,13,16H,6-7,9H2,1-5H3/t13-/m1/s1. The molecule has 0 radical (unpaired) electrons. The molecule has 0 fully saturated rings. The molecule has 2 rings (SSSR count). The molecule has 0 aromatic carbocycles. The van der Waals surface area contributed by atoms with E-state index in [1.807, 2.05) is 31.4 Å². The third kappa shape index (κ3) is 2.93. The van der Waals surface area contributed by atoms with E-state index in [1.54, 1.807) is 0 Å². The maximum atomic E-state index is 5.68. The van der Waals surface area contributed by atoms with Gasteiger partial charge in [0.25, 0.3) is 0 Å². The normalized spacial score (nSPS) is 12.8. The van der Waals surface area contributed by atoms with Gasteiger partial charge >= 0.3 is 0 Å². The van der Waals surface area contributed by atoms with Crippen LogP contribution < -0.4 is 5.32 Å². The summed E-state index contributed by atoms with van der Waals surface area (Å²) in [6.45, 7) is 11.8. The Morgan fingerprint density at radius 3 is 2.70 bits per heavy atom. The van der Waals surface area contributed by atoms with Crippen molar-refractivity contribution in [1.29, 1.82) is 0 Å². The van der Waals surface area contributed by atoms with Gasteiger partial charge in [0.05, 0.1) is 11.8 Å². The van der Waals surface area contributed by atoms with Crippen molar-refractivity contribution in [3.63, 3.8) is 0 Å². The van der Waals surface area contributed by atoms with Crippen molar-refractivity contribution in [2.75, 3.05) is 18.5 Å². The van der Waals surface area contributed by atoms with Gasteiger partial charge in [0.1, 0.15) is 5.82 Å². The molecule has 5 heteroatoms. The number of aryl methyl sites for hydroxylation is 3. The van der Waals surface area contributed by atoms with Crippen LogP contribution >= 0.6 is 0 Å². The van der Waals surface area contributed by atoms with E-state index < -0.39 is 0 Å². The van der Waals surface area contributed by atoms with Crippen LogP contribution in [0.5, 0.6) is 0 Å². The van der Waals surface area contributed by atoms with Gasteiger partial charge in [0.15, 0.2) is 5.65 Å². The number of nitrogens with zero attached hydrogens (tertiary/aromatic N) is 3. The van der Waals surface area contributed by atoms with Crippen molar-refractivity contribution < 1.29 is 4.74 Å². The Morgan fingerprint density at radius 1 is 1.30 bits per heavy atom. The largest absolute Gasteiger partial charge is 0.377 e. The fourth-order valence-electron chi connectivity index (χ4n) is 2.25. The first-order valence-corrected chi connectivity index (χ1v) is 7.25. The maximum absolute atomic E-state index is 5.68. The number of ether oxygens (including phenoxy) is 1. The molecule has 0 spiro atoms. The van der Waals surface area contributed by atoms with Crippen molar-refractivity contribution in [1.82, 2.24) is 14.6 Å². The van der Waals surface area contributed by atoms with Gasteiger partial charge in [0, 0.05) is 30.5 Å². The second-order valence-electron chi connectivity index (χ2n) is 5.10. The quantitative estimate of drug-likeness (QED) is 0.881. The van der Waals surface area contributed by atoms with Gasteiger partial charge in [-0.2, -0.15) is 9.61 Å². The lowest BCUT2D eigenvalue weighted by Gasteiger charge is -2.17. The van der Waals surface area contributed by atoms with E-state index in [9.17, 15) is 0 Å². The van der Waals surface area contributed by atoms with Gasteiger partial charge in [-0.3, -0.25) is 0 Å². The number of nitrogens with one attached hydrogen (secondary N) is 1. The van der Waals surface area contributed by atoms with Gasteiger partial charge in [-0.05, 0) is 34.1 Å². The topological polar surface area (TPSA) is 51.5 Å². The fourth-order valence-corrected chi connectivity index (χ4v) is 2.25. The summed E-state index contributed by atoms with van der Waals surface area (Å²) in [5.74, 6) is 0.974. The van der Waals surface area contributed by atoms with Crippen molar-refractivity contribution in [2.24, 2.45) is 0 Å². The third-order valence-electron chi connectivity index (χ3n) is 3.55. The van der Waals surface area contributed by atoms with E-state index in [0.717, 1.165) is 48.0 Å². The Labute approximate surface area is 120 Å². The molecular formula is C15H24N4O. The van der Waals surface area contributed by atoms with Crippen molar-refractivity contribution in [3.05, 3.63) is 23.0 Å². The molecule has 5 nitrogen and oxygen atoms in total. The van der Waals surface area contributed by atoms with Gasteiger partial charge in [-0.15, -0.1) is 0 Å². The van der Waals surface area contributed by atoms with Crippen molar-refractivity contribution in [2.45, 2.75) is 47.1 Å². The number of fused-ring (bicyclic) bond motifs is 1. The minimum atomic E-state index is 0.223. The van der Waals surface area contributed by atoms with Crippen LogP contribution in [0.2, 0.25) is 0 Å².